The Morgan fingerprint density at radius 1 is 1.39 bits per heavy atom. The van der Waals surface area contributed by atoms with Crippen molar-refractivity contribution in [3.63, 3.8) is 0 Å². The van der Waals surface area contributed by atoms with E-state index >= 15 is 0 Å². The molecule has 1 aromatic heterocycles. The minimum atomic E-state index is -0.334. The lowest BCUT2D eigenvalue weighted by atomic mass is 10.3. The van der Waals surface area contributed by atoms with E-state index in [0.29, 0.717) is 10.4 Å². The van der Waals surface area contributed by atoms with Gasteiger partial charge in [-0.15, -0.1) is 0 Å². The van der Waals surface area contributed by atoms with Gasteiger partial charge in [-0.05, 0) is 36.7 Å². The molecule has 0 radical (unpaired) electrons. The Balaban J connectivity index is 2.72. The topological polar surface area (TPSA) is 66.9 Å². The minimum absolute atomic E-state index is 0.0437. The molecule has 0 saturated heterocycles. The normalized spacial score (nSPS) is 12.3. The summed E-state index contributed by atoms with van der Waals surface area (Å²) >= 11 is 3.33. The number of rotatable bonds is 5. The van der Waals surface area contributed by atoms with Gasteiger partial charge in [0.2, 0.25) is 5.91 Å². The van der Waals surface area contributed by atoms with Crippen molar-refractivity contribution >= 4 is 27.7 Å². The molecular formula is C12H19BrN4O. The van der Waals surface area contributed by atoms with E-state index in [1.807, 2.05) is 20.8 Å². The number of carbonyl (C=O) groups excluding carboxylic acids is 1. The van der Waals surface area contributed by atoms with Crippen LogP contribution < -0.4 is 10.6 Å². The van der Waals surface area contributed by atoms with Crippen molar-refractivity contribution in [1.29, 1.82) is 0 Å². The van der Waals surface area contributed by atoms with Gasteiger partial charge in [-0.1, -0.05) is 6.92 Å². The summed E-state index contributed by atoms with van der Waals surface area (Å²) in [6, 6.07) is 1.56. The molecule has 5 nitrogen and oxygen atoms in total. The van der Waals surface area contributed by atoms with Crippen LogP contribution in [0.1, 0.15) is 33.5 Å². The van der Waals surface area contributed by atoms with Crippen LogP contribution in [-0.2, 0) is 11.2 Å². The first-order chi connectivity index (χ1) is 8.42. The maximum atomic E-state index is 11.8. The predicted molar refractivity (Wildman–Crippen MR) is 75.5 cm³/mol. The van der Waals surface area contributed by atoms with Crippen LogP contribution in [0.5, 0.6) is 0 Å². The number of hydrogen-bond donors (Lipinski definition) is 2. The first-order valence-corrected chi connectivity index (χ1v) is 6.82. The summed E-state index contributed by atoms with van der Waals surface area (Å²) in [5, 5.41) is 5.92. The molecule has 1 unspecified atom stereocenters. The van der Waals surface area contributed by atoms with E-state index in [9.17, 15) is 4.79 Å². The third kappa shape index (κ3) is 4.60. The van der Waals surface area contributed by atoms with Crippen molar-refractivity contribution < 1.29 is 4.79 Å². The Labute approximate surface area is 116 Å². The zero-order valence-electron chi connectivity index (χ0n) is 11.1. The number of hydrogen-bond acceptors (Lipinski definition) is 4. The van der Waals surface area contributed by atoms with Gasteiger partial charge in [-0.25, -0.2) is 9.97 Å². The summed E-state index contributed by atoms with van der Waals surface area (Å²) in [6.45, 7) is 7.65. The standard InChI is InChI=1S/C12H19BrN4O/c1-5-10-16-9(13)6-11(17-10)15-8(4)12(18)14-7(2)3/h6-8H,5H2,1-4H3,(H,14,18)(H,15,16,17). The number of halogens is 1. The van der Waals surface area contributed by atoms with Crippen LogP contribution in [0, 0.1) is 0 Å². The highest BCUT2D eigenvalue weighted by Gasteiger charge is 2.14. The van der Waals surface area contributed by atoms with Crippen LogP contribution in [0.25, 0.3) is 0 Å². The number of anilines is 1. The lowest BCUT2D eigenvalue weighted by Gasteiger charge is -2.16. The lowest BCUT2D eigenvalue weighted by Crippen LogP contribution is -2.41. The fourth-order valence-electron chi connectivity index (χ4n) is 1.39. The Morgan fingerprint density at radius 3 is 2.61 bits per heavy atom. The second kappa shape index (κ2) is 6.68. The fraction of sp³-hybridized carbons (Fsp3) is 0.583. The second-order valence-corrected chi connectivity index (χ2v) is 5.19. The van der Waals surface area contributed by atoms with Gasteiger partial charge < -0.3 is 10.6 Å². The molecule has 0 aliphatic rings. The van der Waals surface area contributed by atoms with Gasteiger partial charge >= 0.3 is 0 Å². The van der Waals surface area contributed by atoms with Gasteiger partial charge in [0.1, 0.15) is 22.3 Å². The molecule has 0 aliphatic heterocycles. The third-order valence-corrected chi connectivity index (χ3v) is 2.65. The van der Waals surface area contributed by atoms with E-state index in [-0.39, 0.29) is 18.0 Å². The molecule has 1 rings (SSSR count). The van der Waals surface area contributed by atoms with Crippen LogP contribution in [0.15, 0.2) is 10.7 Å². The average Bonchev–Trinajstić information content (AvgIpc) is 2.27. The molecule has 0 spiro atoms. The van der Waals surface area contributed by atoms with Gasteiger partial charge in [0, 0.05) is 18.5 Å². The van der Waals surface area contributed by atoms with Gasteiger partial charge in [0.05, 0.1) is 0 Å². The highest BCUT2D eigenvalue weighted by molar-refractivity contribution is 9.10. The number of nitrogens with one attached hydrogen (secondary N) is 2. The van der Waals surface area contributed by atoms with Crippen molar-refractivity contribution in [3.05, 3.63) is 16.5 Å². The summed E-state index contributed by atoms with van der Waals surface area (Å²) in [6.07, 6.45) is 0.751. The first kappa shape index (κ1) is 14.9. The Bertz CT molecular complexity index is 423. The first-order valence-electron chi connectivity index (χ1n) is 6.02. The van der Waals surface area contributed by atoms with Crippen LogP contribution in [0.2, 0.25) is 0 Å². The van der Waals surface area contributed by atoms with Gasteiger partial charge in [0.25, 0.3) is 0 Å². The van der Waals surface area contributed by atoms with E-state index in [2.05, 4.69) is 36.5 Å². The lowest BCUT2D eigenvalue weighted by molar-refractivity contribution is -0.122. The van der Waals surface area contributed by atoms with E-state index < -0.39 is 0 Å². The van der Waals surface area contributed by atoms with Crippen LogP contribution in [0.4, 0.5) is 5.82 Å². The number of carbonyl (C=O) groups is 1. The number of aromatic nitrogens is 2. The summed E-state index contributed by atoms with van der Waals surface area (Å²) in [4.78, 5) is 20.3. The van der Waals surface area contributed by atoms with Crippen molar-refractivity contribution in [2.75, 3.05) is 5.32 Å². The second-order valence-electron chi connectivity index (χ2n) is 4.38. The van der Waals surface area contributed by atoms with Gasteiger partial charge in [-0.2, -0.15) is 0 Å². The van der Waals surface area contributed by atoms with Gasteiger partial charge in [0.15, 0.2) is 0 Å². The van der Waals surface area contributed by atoms with E-state index in [4.69, 9.17) is 0 Å². The fourth-order valence-corrected chi connectivity index (χ4v) is 1.82. The summed E-state index contributed by atoms with van der Waals surface area (Å²) < 4.78 is 0.716. The Morgan fingerprint density at radius 2 is 2.06 bits per heavy atom. The zero-order valence-corrected chi connectivity index (χ0v) is 12.7. The Kier molecular flexibility index (Phi) is 5.53. The Hall–Kier alpha value is -1.17. The van der Waals surface area contributed by atoms with Crippen molar-refractivity contribution in [2.24, 2.45) is 0 Å². The molecule has 0 fully saturated rings. The number of nitrogens with zero attached hydrogens (tertiary/aromatic N) is 2. The molecule has 2 N–H and O–H groups in total. The maximum absolute atomic E-state index is 11.8. The molecule has 1 atom stereocenters. The molecule has 1 aromatic rings. The van der Waals surface area contributed by atoms with Crippen LogP contribution in [0.3, 0.4) is 0 Å². The number of amides is 1. The largest absolute Gasteiger partial charge is 0.358 e. The molecule has 6 heteroatoms. The molecule has 1 amide bonds. The SMILES string of the molecule is CCc1nc(Br)cc(NC(C)C(=O)NC(C)C)n1. The molecule has 1 heterocycles. The monoisotopic (exact) mass is 314 g/mol. The highest BCUT2D eigenvalue weighted by atomic mass is 79.9. The third-order valence-electron chi connectivity index (χ3n) is 2.25. The molecule has 0 aliphatic carbocycles. The van der Waals surface area contributed by atoms with E-state index in [1.165, 1.54) is 0 Å². The predicted octanol–water partition coefficient (Wildman–Crippen LogP) is 2.13. The smallest absolute Gasteiger partial charge is 0.242 e. The van der Waals surface area contributed by atoms with E-state index in [1.54, 1.807) is 13.0 Å². The van der Waals surface area contributed by atoms with E-state index in [0.717, 1.165) is 12.2 Å². The van der Waals surface area contributed by atoms with Gasteiger partial charge in [-0.3, -0.25) is 4.79 Å². The quantitative estimate of drug-likeness (QED) is 0.817. The highest BCUT2D eigenvalue weighted by Crippen LogP contribution is 2.13. The summed E-state index contributed by atoms with van der Waals surface area (Å²) in [5.41, 5.74) is 0. The maximum Gasteiger partial charge on any atom is 0.242 e. The summed E-state index contributed by atoms with van der Waals surface area (Å²) in [7, 11) is 0. The number of aryl methyl sites for hydroxylation is 1. The molecule has 0 aromatic carbocycles. The minimum Gasteiger partial charge on any atom is -0.358 e. The molecular weight excluding hydrogens is 296 g/mol. The van der Waals surface area contributed by atoms with Crippen molar-refractivity contribution in [1.82, 2.24) is 15.3 Å². The van der Waals surface area contributed by atoms with Crippen LogP contribution in [-0.4, -0.2) is 28.0 Å². The summed E-state index contributed by atoms with van der Waals surface area (Å²) in [5.74, 6) is 1.35. The molecule has 0 saturated carbocycles. The molecule has 100 valence electrons. The molecule has 18 heavy (non-hydrogen) atoms. The van der Waals surface area contributed by atoms with Crippen molar-refractivity contribution in [3.8, 4) is 0 Å². The van der Waals surface area contributed by atoms with Crippen molar-refractivity contribution in [2.45, 2.75) is 46.2 Å². The van der Waals surface area contributed by atoms with Crippen LogP contribution >= 0.6 is 15.9 Å². The zero-order chi connectivity index (χ0) is 13.7. The average molecular weight is 315 g/mol. The molecule has 0 bridgehead atoms.